The number of aliphatic carboxylic acids is 1. The second kappa shape index (κ2) is 4.45. The van der Waals surface area contributed by atoms with Gasteiger partial charge in [0.25, 0.3) is 0 Å². The molecule has 0 aromatic carbocycles. The van der Waals surface area contributed by atoms with Crippen LogP contribution < -0.4 is 0 Å². The second-order valence-corrected chi connectivity index (χ2v) is 6.41. The molecule has 1 fully saturated rings. The number of nitrogens with zero attached hydrogens (tertiary/aromatic N) is 1. The first-order valence-electron chi connectivity index (χ1n) is 6.80. The van der Waals surface area contributed by atoms with Gasteiger partial charge in [0.15, 0.2) is 0 Å². The molecule has 18 heavy (non-hydrogen) atoms. The lowest BCUT2D eigenvalue weighted by Gasteiger charge is -2.38. The average Bonchev–Trinajstić information content (AvgIpc) is 2.78. The van der Waals surface area contributed by atoms with E-state index in [0.717, 1.165) is 37.8 Å². The molecule has 0 atom stereocenters. The Morgan fingerprint density at radius 1 is 1.28 bits per heavy atom. The minimum Gasteiger partial charge on any atom is -0.479 e. The van der Waals surface area contributed by atoms with Gasteiger partial charge in [-0.15, -0.1) is 0 Å². The fourth-order valence-corrected chi connectivity index (χ4v) is 3.06. The third-order valence-corrected chi connectivity index (χ3v) is 4.06. The molecule has 1 aromatic heterocycles. The molecule has 1 aliphatic rings. The van der Waals surface area contributed by atoms with Crippen LogP contribution in [0.15, 0.2) is 18.3 Å². The highest BCUT2D eigenvalue weighted by Crippen LogP contribution is 2.38. The number of hydrogen-bond acceptors (Lipinski definition) is 1. The van der Waals surface area contributed by atoms with E-state index in [1.54, 1.807) is 0 Å². The van der Waals surface area contributed by atoms with Gasteiger partial charge in [0.2, 0.25) is 0 Å². The van der Waals surface area contributed by atoms with Crippen LogP contribution in [0.3, 0.4) is 0 Å². The molecule has 0 spiro atoms. The van der Waals surface area contributed by atoms with Gasteiger partial charge in [0, 0.05) is 17.3 Å². The summed E-state index contributed by atoms with van der Waals surface area (Å²) < 4.78 is 2.02. The van der Waals surface area contributed by atoms with Gasteiger partial charge < -0.3 is 9.67 Å². The van der Waals surface area contributed by atoms with E-state index in [4.69, 9.17) is 0 Å². The highest BCUT2D eigenvalue weighted by atomic mass is 16.4. The number of hydrogen-bond donors (Lipinski definition) is 1. The van der Waals surface area contributed by atoms with Crippen molar-refractivity contribution in [2.24, 2.45) is 0 Å². The Morgan fingerprint density at radius 2 is 1.89 bits per heavy atom. The molecule has 1 heterocycles. The van der Waals surface area contributed by atoms with Gasteiger partial charge in [-0.1, -0.05) is 40.0 Å². The molecule has 3 heteroatoms. The molecule has 0 amide bonds. The highest BCUT2D eigenvalue weighted by Gasteiger charge is 2.43. The Kier molecular flexibility index (Phi) is 3.26. The molecular weight excluding hydrogens is 226 g/mol. The molecule has 0 bridgehead atoms. The molecule has 1 saturated carbocycles. The van der Waals surface area contributed by atoms with E-state index in [-0.39, 0.29) is 5.41 Å². The third-order valence-electron chi connectivity index (χ3n) is 4.06. The first-order chi connectivity index (χ1) is 8.38. The summed E-state index contributed by atoms with van der Waals surface area (Å²) in [5.74, 6) is -0.677. The lowest BCUT2D eigenvalue weighted by Crippen LogP contribution is -2.45. The van der Waals surface area contributed by atoms with Crippen LogP contribution in [0.2, 0.25) is 0 Å². The summed E-state index contributed by atoms with van der Waals surface area (Å²) >= 11 is 0. The van der Waals surface area contributed by atoms with E-state index >= 15 is 0 Å². The Labute approximate surface area is 109 Å². The van der Waals surface area contributed by atoms with E-state index < -0.39 is 11.5 Å². The van der Waals surface area contributed by atoms with Gasteiger partial charge >= 0.3 is 5.97 Å². The predicted octanol–water partition coefficient (Wildman–Crippen LogP) is 3.53. The zero-order valence-electron chi connectivity index (χ0n) is 11.6. The Bertz CT molecular complexity index is 434. The molecule has 100 valence electrons. The SMILES string of the molecule is CC(C)(C)c1cccn1C1(C(=O)O)CCCCC1. The van der Waals surface area contributed by atoms with Gasteiger partial charge in [-0.2, -0.15) is 0 Å². The van der Waals surface area contributed by atoms with Crippen molar-refractivity contribution in [1.82, 2.24) is 4.57 Å². The van der Waals surface area contributed by atoms with Gasteiger partial charge in [-0.3, -0.25) is 0 Å². The standard InChI is InChI=1S/C15H23NO2/c1-14(2,3)12-8-7-11-16(12)15(13(17)18)9-5-4-6-10-15/h7-8,11H,4-6,9-10H2,1-3H3,(H,17,18). The zero-order chi connectivity index (χ0) is 13.4. The van der Waals surface area contributed by atoms with Crippen LogP contribution in [0.5, 0.6) is 0 Å². The van der Waals surface area contributed by atoms with Crippen LogP contribution in [0, 0.1) is 0 Å². The maximum atomic E-state index is 11.8. The molecule has 1 aliphatic carbocycles. The van der Waals surface area contributed by atoms with Gasteiger partial charge in [-0.05, 0) is 25.0 Å². The summed E-state index contributed by atoms with van der Waals surface area (Å²) in [6.07, 6.45) is 6.61. The van der Waals surface area contributed by atoms with Crippen molar-refractivity contribution in [3.8, 4) is 0 Å². The van der Waals surface area contributed by atoms with Gasteiger partial charge in [0.05, 0.1) is 0 Å². The topological polar surface area (TPSA) is 42.2 Å². The molecule has 0 radical (unpaired) electrons. The quantitative estimate of drug-likeness (QED) is 0.871. The van der Waals surface area contributed by atoms with E-state index in [2.05, 4.69) is 26.8 Å². The van der Waals surface area contributed by atoms with Crippen molar-refractivity contribution < 1.29 is 9.90 Å². The van der Waals surface area contributed by atoms with Gasteiger partial charge in [-0.25, -0.2) is 4.79 Å². The molecule has 1 aromatic rings. The zero-order valence-corrected chi connectivity index (χ0v) is 11.6. The number of carboxylic acid groups (broad SMARTS) is 1. The van der Waals surface area contributed by atoms with E-state index in [1.807, 2.05) is 16.8 Å². The monoisotopic (exact) mass is 249 g/mol. The lowest BCUT2D eigenvalue weighted by molar-refractivity contribution is -0.149. The summed E-state index contributed by atoms with van der Waals surface area (Å²) in [6.45, 7) is 6.41. The van der Waals surface area contributed by atoms with Crippen molar-refractivity contribution in [3.63, 3.8) is 0 Å². The summed E-state index contributed by atoms with van der Waals surface area (Å²) in [5.41, 5.74) is 0.375. The maximum Gasteiger partial charge on any atom is 0.329 e. The highest BCUT2D eigenvalue weighted by molar-refractivity contribution is 5.77. The number of rotatable bonds is 2. The normalized spacial score (nSPS) is 19.7. The molecule has 1 N–H and O–H groups in total. The van der Waals surface area contributed by atoms with Crippen molar-refractivity contribution in [2.75, 3.05) is 0 Å². The first kappa shape index (κ1) is 13.2. The number of aromatic nitrogens is 1. The summed E-state index contributed by atoms with van der Waals surface area (Å²) in [5, 5.41) is 9.73. The molecule has 0 saturated heterocycles. The predicted molar refractivity (Wildman–Crippen MR) is 71.8 cm³/mol. The Hall–Kier alpha value is -1.25. The van der Waals surface area contributed by atoms with Crippen LogP contribution in [0.25, 0.3) is 0 Å². The largest absolute Gasteiger partial charge is 0.479 e. The van der Waals surface area contributed by atoms with Crippen molar-refractivity contribution in [1.29, 1.82) is 0 Å². The van der Waals surface area contributed by atoms with E-state index in [1.165, 1.54) is 0 Å². The van der Waals surface area contributed by atoms with Crippen molar-refractivity contribution in [3.05, 3.63) is 24.0 Å². The Balaban J connectivity index is 2.50. The smallest absolute Gasteiger partial charge is 0.329 e. The third kappa shape index (κ3) is 2.06. The van der Waals surface area contributed by atoms with Crippen LogP contribution >= 0.6 is 0 Å². The van der Waals surface area contributed by atoms with Crippen LogP contribution in [0.1, 0.15) is 58.6 Å². The van der Waals surface area contributed by atoms with Crippen LogP contribution in [-0.2, 0) is 15.7 Å². The van der Waals surface area contributed by atoms with Crippen LogP contribution in [-0.4, -0.2) is 15.6 Å². The van der Waals surface area contributed by atoms with E-state index in [9.17, 15) is 9.90 Å². The minimum absolute atomic E-state index is 0.0244. The first-order valence-corrected chi connectivity index (χ1v) is 6.80. The molecular formula is C15H23NO2. The summed E-state index contributed by atoms with van der Waals surface area (Å²) in [6, 6.07) is 4.03. The molecule has 0 aliphatic heterocycles. The maximum absolute atomic E-state index is 11.8. The van der Waals surface area contributed by atoms with Crippen molar-refractivity contribution >= 4 is 5.97 Å². The van der Waals surface area contributed by atoms with E-state index in [0.29, 0.717) is 0 Å². The molecule has 0 unspecified atom stereocenters. The fraction of sp³-hybridized carbons (Fsp3) is 0.667. The lowest BCUT2D eigenvalue weighted by atomic mass is 9.80. The van der Waals surface area contributed by atoms with Crippen LogP contribution in [0.4, 0.5) is 0 Å². The number of carboxylic acids is 1. The number of carbonyl (C=O) groups is 1. The summed E-state index contributed by atoms with van der Waals surface area (Å²) in [7, 11) is 0. The Morgan fingerprint density at radius 3 is 2.39 bits per heavy atom. The second-order valence-electron chi connectivity index (χ2n) is 6.41. The fourth-order valence-electron chi connectivity index (χ4n) is 3.06. The molecule has 3 nitrogen and oxygen atoms in total. The summed E-state index contributed by atoms with van der Waals surface area (Å²) in [4.78, 5) is 11.8. The van der Waals surface area contributed by atoms with Gasteiger partial charge in [0.1, 0.15) is 5.54 Å². The average molecular weight is 249 g/mol. The van der Waals surface area contributed by atoms with Crippen molar-refractivity contribution in [2.45, 2.75) is 63.8 Å². The molecule has 2 rings (SSSR count). The minimum atomic E-state index is -0.718.